The number of rotatable bonds is 5. The molecule has 1 fully saturated rings. The summed E-state index contributed by atoms with van der Waals surface area (Å²) in [4.78, 5) is 12.5. The van der Waals surface area contributed by atoms with Crippen LogP contribution < -0.4 is 5.32 Å². The number of carbonyl (C=O) groups is 1. The average molecular weight is 398 g/mol. The Morgan fingerprint density at radius 3 is 2.70 bits per heavy atom. The van der Waals surface area contributed by atoms with Gasteiger partial charge in [-0.2, -0.15) is 0 Å². The second kappa shape index (κ2) is 7.40. The van der Waals surface area contributed by atoms with Gasteiger partial charge in [-0.15, -0.1) is 0 Å². The zero-order chi connectivity index (χ0) is 19.8. The molecular weight excluding hydrogens is 378 g/mol. The molecule has 1 N–H and O–H groups in total. The van der Waals surface area contributed by atoms with Crippen molar-refractivity contribution in [1.29, 1.82) is 0 Å². The van der Waals surface area contributed by atoms with Crippen molar-refractivity contribution >= 4 is 21.4 Å². The summed E-state index contributed by atoms with van der Waals surface area (Å²) >= 11 is 0. The van der Waals surface area contributed by atoms with Crippen LogP contribution in [0.15, 0.2) is 29.3 Å². The normalized spacial score (nSPS) is 17.3. The lowest BCUT2D eigenvalue weighted by atomic mass is 10.2. The minimum absolute atomic E-state index is 0.0412. The maximum absolute atomic E-state index is 13.5. The lowest BCUT2D eigenvalue weighted by molar-refractivity contribution is 0.101. The van der Waals surface area contributed by atoms with Crippen LogP contribution in [0.3, 0.4) is 0 Å². The van der Waals surface area contributed by atoms with Gasteiger partial charge >= 0.3 is 0 Å². The second-order valence-electron chi connectivity index (χ2n) is 6.73. The molecule has 0 spiro atoms. The van der Waals surface area contributed by atoms with E-state index in [0.717, 1.165) is 6.07 Å². The topological polar surface area (TPSA) is 77.4 Å². The van der Waals surface area contributed by atoms with E-state index in [4.69, 9.17) is 4.74 Å². The van der Waals surface area contributed by atoms with Crippen molar-refractivity contribution in [1.82, 2.24) is 4.57 Å². The van der Waals surface area contributed by atoms with Crippen LogP contribution in [0.25, 0.3) is 0 Å². The smallest absolute Gasteiger partial charge is 0.272 e. The average Bonchev–Trinajstić information content (AvgIpc) is 3.21. The number of aromatic nitrogens is 1. The third-order valence-corrected chi connectivity index (χ3v) is 6.37. The highest BCUT2D eigenvalue weighted by molar-refractivity contribution is 7.91. The van der Waals surface area contributed by atoms with Crippen molar-refractivity contribution in [2.75, 3.05) is 24.3 Å². The van der Waals surface area contributed by atoms with Gasteiger partial charge in [-0.3, -0.25) is 4.79 Å². The predicted molar refractivity (Wildman–Crippen MR) is 95.4 cm³/mol. The largest absolute Gasteiger partial charge is 0.381 e. The van der Waals surface area contributed by atoms with Crippen LogP contribution in [0.2, 0.25) is 0 Å². The monoisotopic (exact) mass is 398 g/mol. The number of halogens is 2. The minimum atomic E-state index is -3.56. The molecule has 1 aromatic carbocycles. The quantitative estimate of drug-likeness (QED) is 0.840. The van der Waals surface area contributed by atoms with Gasteiger partial charge in [0.25, 0.3) is 5.91 Å². The number of ether oxygens (including phenoxy) is 1. The molecule has 2 aromatic rings. The molecular formula is C18H20F2N2O4S. The fraction of sp³-hybridized carbons (Fsp3) is 0.389. The van der Waals surface area contributed by atoms with Gasteiger partial charge in [0.15, 0.2) is 21.5 Å². The van der Waals surface area contributed by atoms with E-state index >= 15 is 0 Å². The first-order chi connectivity index (χ1) is 12.7. The van der Waals surface area contributed by atoms with E-state index in [1.165, 1.54) is 29.8 Å². The molecule has 3 rings (SSSR count). The fourth-order valence-electron chi connectivity index (χ4n) is 3.05. The molecule has 1 saturated heterocycles. The Morgan fingerprint density at radius 1 is 1.33 bits per heavy atom. The van der Waals surface area contributed by atoms with E-state index in [2.05, 4.69) is 5.32 Å². The number of hydrogen-bond donors (Lipinski definition) is 1. The molecule has 2 heterocycles. The molecule has 27 heavy (non-hydrogen) atoms. The van der Waals surface area contributed by atoms with Crippen LogP contribution in [-0.2, 0) is 21.6 Å². The van der Waals surface area contributed by atoms with Crippen LogP contribution in [-0.4, -0.2) is 37.9 Å². The van der Waals surface area contributed by atoms with Gasteiger partial charge in [0.1, 0.15) is 5.69 Å². The van der Waals surface area contributed by atoms with Crippen LogP contribution in [0.1, 0.15) is 22.5 Å². The number of amides is 1. The Bertz CT molecular complexity index is 956. The number of hydrogen-bond acceptors (Lipinski definition) is 4. The van der Waals surface area contributed by atoms with Crippen LogP contribution >= 0.6 is 0 Å². The predicted octanol–water partition coefficient (Wildman–Crippen LogP) is 2.67. The van der Waals surface area contributed by atoms with Crippen molar-refractivity contribution in [3.8, 4) is 0 Å². The number of anilines is 1. The van der Waals surface area contributed by atoms with Crippen molar-refractivity contribution in [2.24, 2.45) is 13.0 Å². The van der Waals surface area contributed by atoms with Crippen molar-refractivity contribution in [3.05, 3.63) is 47.3 Å². The van der Waals surface area contributed by atoms with Gasteiger partial charge in [-0.1, -0.05) is 0 Å². The minimum Gasteiger partial charge on any atom is -0.381 e. The number of nitrogens with zero attached hydrogens (tertiary/aromatic N) is 1. The van der Waals surface area contributed by atoms with Crippen molar-refractivity contribution < 1.29 is 26.7 Å². The van der Waals surface area contributed by atoms with Gasteiger partial charge in [-0.25, -0.2) is 17.2 Å². The molecule has 0 bridgehead atoms. The summed E-state index contributed by atoms with van der Waals surface area (Å²) in [6.45, 7) is 2.35. The maximum atomic E-state index is 13.5. The summed E-state index contributed by atoms with van der Waals surface area (Å²) < 4.78 is 58.6. The summed E-state index contributed by atoms with van der Waals surface area (Å²) in [5, 5.41) is 2.46. The van der Waals surface area contributed by atoms with E-state index in [9.17, 15) is 22.0 Å². The third-order valence-electron chi connectivity index (χ3n) is 4.52. The highest BCUT2D eigenvalue weighted by Gasteiger charge is 2.27. The molecule has 0 radical (unpaired) electrons. The Labute approximate surface area is 156 Å². The Morgan fingerprint density at radius 2 is 2.07 bits per heavy atom. The zero-order valence-electron chi connectivity index (χ0n) is 15.0. The van der Waals surface area contributed by atoms with E-state index in [0.29, 0.717) is 19.6 Å². The Kier molecular flexibility index (Phi) is 5.34. The van der Waals surface area contributed by atoms with E-state index in [-0.39, 0.29) is 33.5 Å². The summed E-state index contributed by atoms with van der Waals surface area (Å²) in [5.41, 5.74) is 0.239. The lowest BCUT2D eigenvalue weighted by Gasteiger charge is -2.08. The van der Waals surface area contributed by atoms with Crippen LogP contribution in [0, 0.1) is 24.5 Å². The zero-order valence-corrected chi connectivity index (χ0v) is 15.8. The molecule has 0 aliphatic carbocycles. The molecule has 6 nitrogen and oxygen atoms in total. The maximum Gasteiger partial charge on any atom is 0.272 e. The first kappa shape index (κ1) is 19.5. The first-order valence-corrected chi connectivity index (χ1v) is 10.1. The van der Waals surface area contributed by atoms with E-state index in [1.807, 2.05) is 0 Å². The second-order valence-corrected chi connectivity index (χ2v) is 8.76. The number of carbonyl (C=O) groups excluding carboxylic acids is 1. The number of nitrogens with one attached hydrogen (secondary N) is 1. The molecule has 9 heteroatoms. The van der Waals surface area contributed by atoms with Gasteiger partial charge in [-0.05, 0) is 37.0 Å². The highest BCUT2D eigenvalue weighted by atomic mass is 32.2. The molecule has 1 atom stereocenters. The van der Waals surface area contributed by atoms with Gasteiger partial charge in [0.05, 0.1) is 17.3 Å². The first-order valence-electron chi connectivity index (χ1n) is 8.41. The molecule has 1 aliphatic rings. The lowest BCUT2D eigenvalue weighted by Crippen LogP contribution is -2.16. The third kappa shape index (κ3) is 4.19. The fourth-order valence-corrected chi connectivity index (χ4v) is 4.73. The Hall–Kier alpha value is -2.26. The van der Waals surface area contributed by atoms with Gasteiger partial charge in [0.2, 0.25) is 0 Å². The number of benzene rings is 1. The van der Waals surface area contributed by atoms with E-state index < -0.39 is 27.4 Å². The molecule has 0 unspecified atom stereocenters. The van der Waals surface area contributed by atoms with Crippen LogP contribution in [0.5, 0.6) is 0 Å². The molecule has 1 aliphatic heterocycles. The highest BCUT2D eigenvalue weighted by Crippen LogP contribution is 2.23. The number of sulfone groups is 1. The summed E-state index contributed by atoms with van der Waals surface area (Å²) in [7, 11) is -2.02. The molecule has 1 aromatic heterocycles. The summed E-state index contributed by atoms with van der Waals surface area (Å²) in [5.74, 6) is -2.76. The SMILES string of the molecule is Cc1cc(NC(=O)c2cc(S(=O)(=O)C[C@H]3CCOC3)cn2C)cc(F)c1F. The van der Waals surface area contributed by atoms with Crippen molar-refractivity contribution in [2.45, 2.75) is 18.2 Å². The summed E-state index contributed by atoms with van der Waals surface area (Å²) in [6.07, 6.45) is 2.06. The summed E-state index contributed by atoms with van der Waals surface area (Å²) in [6, 6.07) is 3.46. The van der Waals surface area contributed by atoms with Gasteiger partial charge < -0.3 is 14.6 Å². The van der Waals surface area contributed by atoms with E-state index in [1.54, 1.807) is 7.05 Å². The standard InChI is InChI=1S/C18H20F2N2O4S/c1-11-5-13(6-15(19)17(11)20)21-18(23)16-7-14(8-22(16)2)27(24,25)10-12-3-4-26-9-12/h5-8,12H,3-4,9-10H2,1-2H3,(H,21,23)/t12-/m0/s1. The number of aryl methyl sites for hydroxylation is 2. The van der Waals surface area contributed by atoms with Crippen LogP contribution in [0.4, 0.5) is 14.5 Å². The van der Waals surface area contributed by atoms with Gasteiger partial charge in [0, 0.05) is 31.6 Å². The molecule has 1 amide bonds. The molecule has 0 saturated carbocycles. The Balaban J connectivity index is 1.80. The molecule has 146 valence electrons. The van der Waals surface area contributed by atoms with Crippen molar-refractivity contribution in [3.63, 3.8) is 0 Å².